The number of nitrogens with one attached hydrogen (secondary N) is 3. The van der Waals surface area contributed by atoms with Gasteiger partial charge in [-0.1, -0.05) is 0 Å². The van der Waals surface area contributed by atoms with Gasteiger partial charge in [0, 0.05) is 85.8 Å². The van der Waals surface area contributed by atoms with Gasteiger partial charge in [0.1, 0.15) is 23.4 Å². The van der Waals surface area contributed by atoms with Crippen LogP contribution in [-0.2, 0) is 15.2 Å². The zero-order chi connectivity index (χ0) is 40.7. The van der Waals surface area contributed by atoms with Crippen molar-refractivity contribution in [3.8, 4) is 6.07 Å². The van der Waals surface area contributed by atoms with Crippen molar-refractivity contribution in [1.29, 1.82) is 5.26 Å². The van der Waals surface area contributed by atoms with Gasteiger partial charge in [0.2, 0.25) is 11.8 Å². The van der Waals surface area contributed by atoms with Gasteiger partial charge < -0.3 is 15.7 Å². The average Bonchev–Trinajstić information content (AvgIpc) is 3.82. The highest BCUT2D eigenvalue weighted by Gasteiger charge is 2.33. The zero-order valence-electron chi connectivity index (χ0n) is 32.5. The Morgan fingerprint density at radius 2 is 1.72 bits per heavy atom. The summed E-state index contributed by atoms with van der Waals surface area (Å²) in [5.74, 6) is -4.11. The van der Waals surface area contributed by atoms with Crippen LogP contribution in [0.15, 0.2) is 54.9 Å². The van der Waals surface area contributed by atoms with E-state index in [9.17, 15) is 33.5 Å². The molecule has 1 atom stereocenters. The Kier molecular flexibility index (Phi) is 10.7. The van der Waals surface area contributed by atoms with Crippen molar-refractivity contribution in [3.05, 3.63) is 88.9 Å². The number of nitriles is 1. The Morgan fingerprint density at radius 1 is 1.00 bits per heavy atom. The van der Waals surface area contributed by atoms with Crippen LogP contribution in [0.2, 0.25) is 0 Å². The van der Waals surface area contributed by atoms with Crippen molar-refractivity contribution < 1.29 is 28.3 Å². The van der Waals surface area contributed by atoms with Crippen LogP contribution in [0.5, 0.6) is 0 Å². The molecular weight excluding hydrogens is 747 g/mol. The number of benzene rings is 2. The molecule has 3 aromatic heterocycles. The third-order valence-electron chi connectivity index (χ3n) is 11.8. The number of piperidine rings is 1. The smallest absolute Gasteiger partial charge is 0.274 e. The first-order valence-electron chi connectivity index (χ1n) is 19.8. The normalized spacial score (nSPS) is 20.9. The first kappa shape index (κ1) is 39.1. The summed E-state index contributed by atoms with van der Waals surface area (Å²) in [5, 5.41) is 38.6. The number of fused-ring (bicyclic) bond motifs is 2. The first-order chi connectivity index (χ1) is 27.8. The Hall–Kier alpha value is -5.76. The molecule has 1 unspecified atom stereocenters. The number of aromatic nitrogens is 4. The van der Waals surface area contributed by atoms with Crippen LogP contribution < -0.4 is 16.0 Å². The number of rotatable bonds is 10. The minimum Gasteiger partial charge on any atom is -0.386 e. The number of carbonyl (C=O) groups excluding carboxylic acids is 3. The fourth-order valence-corrected chi connectivity index (χ4v) is 8.69. The molecule has 5 aromatic rings. The van der Waals surface area contributed by atoms with E-state index < -0.39 is 40.9 Å². The minimum atomic E-state index is -1.26. The maximum absolute atomic E-state index is 14.9. The van der Waals surface area contributed by atoms with Gasteiger partial charge in [-0.15, -0.1) is 0 Å². The number of imide groups is 1. The number of hydrogen-bond acceptors (Lipinski definition) is 10. The molecule has 1 aliphatic carbocycles. The summed E-state index contributed by atoms with van der Waals surface area (Å²) in [7, 11) is 0. The number of aliphatic hydroxyl groups is 1. The van der Waals surface area contributed by atoms with Crippen LogP contribution in [0.4, 0.5) is 20.2 Å². The highest BCUT2D eigenvalue weighted by Crippen LogP contribution is 2.36. The predicted molar refractivity (Wildman–Crippen MR) is 212 cm³/mol. The van der Waals surface area contributed by atoms with Crippen LogP contribution in [0.25, 0.3) is 16.4 Å². The largest absolute Gasteiger partial charge is 0.386 e. The lowest BCUT2D eigenvalue weighted by atomic mass is 9.89. The summed E-state index contributed by atoms with van der Waals surface area (Å²) < 4.78 is 33.4. The van der Waals surface area contributed by atoms with E-state index in [1.165, 1.54) is 22.8 Å². The van der Waals surface area contributed by atoms with Gasteiger partial charge in [-0.05, 0) is 88.4 Å². The molecule has 16 heteroatoms. The first-order valence-corrected chi connectivity index (χ1v) is 19.8. The second-order valence-corrected chi connectivity index (χ2v) is 16.1. The van der Waals surface area contributed by atoms with E-state index in [2.05, 4.69) is 36.9 Å². The van der Waals surface area contributed by atoms with Crippen LogP contribution >= 0.6 is 0 Å². The van der Waals surface area contributed by atoms with Gasteiger partial charge in [0.15, 0.2) is 0 Å². The molecule has 0 bridgehead atoms. The Morgan fingerprint density at radius 3 is 2.41 bits per heavy atom. The third kappa shape index (κ3) is 8.02. The lowest BCUT2D eigenvalue weighted by Gasteiger charge is -2.42. The number of amides is 3. The Labute approximate surface area is 333 Å². The SMILES string of the molecule is CC(C)(O)c1cc2nn(C3CCC(N4CCN(CCNc5cc(F)c(C6CCC(=O)NC6=O)c(F)c5)CC4)CC3)cc2cc1NC(=O)c1ccc2cc(C#N)cnn12. The fourth-order valence-electron chi connectivity index (χ4n) is 8.69. The van der Waals surface area contributed by atoms with Crippen molar-refractivity contribution in [2.75, 3.05) is 49.9 Å². The lowest BCUT2D eigenvalue weighted by molar-refractivity contribution is -0.134. The van der Waals surface area contributed by atoms with E-state index in [0.717, 1.165) is 69.3 Å². The molecule has 4 N–H and O–H groups in total. The topological polar surface area (TPSA) is 173 Å². The van der Waals surface area contributed by atoms with Crippen LogP contribution in [0.1, 0.15) is 91.5 Å². The fraction of sp³-hybridized carbons (Fsp3) is 0.429. The predicted octanol–water partition coefficient (Wildman–Crippen LogP) is 5.05. The molecule has 3 aliphatic rings. The second kappa shape index (κ2) is 15.9. The number of anilines is 2. The summed E-state index contributed by atoms with van der Waals surface area (Å²) >= 11 is 0. The van der Waals surface area contributed by atoms with Crippen molar-refractivity contribution in [2.24, 2.45) is 0 Å². The highest BCUT2D eigenvalue weighted by molar-refractivity contribution is 6.05. The van der Waals surface area contributed by atoms with E-state index in [-0.39, 0.29) is 24.4 Å². The van der Waals surface area contributed by atoms with Crippen LogP contribution in [0.3, 0.4) is 0 Å². The monoisotopic (exact) mass is 792 g/mol. The van der Waals surface area contributed by atoms with Crippen molar-refractivity contribution in [1.82, 2.24) is 34.5 Å². The van der Waals surface area contributed by atoms with E-state index in [1.54, 1.807) is 32.0 Å². The van der Waals surface area contributed by atoms with E-state index in [0.29, 0.717) is 46.3 Å². The van der Waals surface area contributed by atoms with Crippen LogP contribution in [0, 0.1) is 23.0 Å². The maximum Gasteiger partial charge on any atom is 0.274 e. The molecule has 302 valence electrons. The van der Waals surface area contributed by atoms with Crippen LogP contribution in [-0.4, -0.2) is 97.3 Å². The Balaban J connectivity index is 0.835. The summed E-state index contributed by atoms with van der Waals surface area (Å²) in [6, 6.07) is 13.9. The van der Waals surface area contributed by atoms with Crippen molar-refractivity contribution >= 4 is 45.5 Å². The molecule has 5 heterocycles. The van der Waals surface area contributed by atoms with E-state index in [4.69, 9.17) is 5.10 Å². The molecule has 2 saturated heterocycles. The molecule has 14 nitrogen and oxygen atoms in total. The summed E-state index contributed by atoms with van der Waals surface area (Å²) in [4.78, 5) is 42.0. The highest BCUT2D eigenvalue weighted by atomic mass is 19.1. The second-order valence-electron chi connectivity index (χ2n) is 16.1. The number of carbonyl (C=O) groups is 3. The molecule has 2 aliphatic heterocycles. The quantitative estimate of drug-likeness (QED) is 0.140. The van der Waals surface area contributed by atoms with Gasteiger partial charge in [-0.2, -0.15) is 15.5 Å². The standard InChI is InChI=1S/C42H46F2N10O4/c1-42(2,58)32-21-35-26(18-36(32)48-41(57)37-9-7-30-17-25(22-45)23-47-54(30)37)24-53(50-35)29-5-3-28(4-6-29)52-15-13-51(14-16-52)12-11-46-27-19-33(43)39(34(44)20-27)31-8-10-38(55)49-40(31)56/h7,9,17-21,23-24,28-29,31,46,58H,3-6,8,10-16H2,1-2H3,(H,48,57)(H,49,55,56). The van der Waals surface area contributed by atoms with E-state index in [1.807, 2.05) is 23.0 Å². The number of hydrogen-bond donors (Lipinski definition) is 4. The third-order valence-corrected chi connectivity index (χ3v) is 11.8. The molecular formula is C42H46F2N10O4. The molecule has 58 heavy (non-hydrogen) atoms. The molecule has 3 fully saturated rings. The molecule has 1 saturated carbocycles. The van der Waals surface area contributed by atoms with E-state index >= 15 is 0 Å². The van der Waals surface area contributed by atoms with Gasteiger partial charge >= 0.3 is 0 Å². The Bertz CT molecular complexity index is 2410. The van der Waals surface area contributed by atoms with Gasteiger partial charge in [-0.25, -0.2) is 13.3 Å². The summed E-state index contributed by atoms with van der Waals surface area (Å²) in [5.41, 5.74) is 1.85. The molecule has 2 aromatic carbocycles. The maximum atomic E-state index is 14.9. The number of halogens is 2. The molecule has 0 radical (unpaired) electrons. The van der Waals surface area contributed by atoms with Crippen molar-refractivity contribution in [3.63, 3.8) is 0 Å². The summed E-state index contributed by atoms with van der Waals surface area (Å²) in [6.07, 6.45) is 7.59. The van der Waals surface area contributed by atoms with Gasteiger partial charge in [0.25, 0.3) is 5.91 Å². The minimum absolute atomic E-state index is 0.0476. The number of nitrogens with zero attached hydrogens (tertiary/aromatic N) is 7. The lowest BCUT2D eigenvalue weighted by Crippen LogP contribution is -2.51. The number of piperazine rings is 1. The summed E-state index contributed by atoms with van der Waals surface area (Å²) in [6.45, 7) is 8.25. The van der Waals surface area contributed by atoms with Gasteiger partial charge in [0.05, 0.1) is 40.4 Å². The molecule has 3 amide bonds. The zero-order valence-corrected chi connectivity index (χ0v) is 32.5. The average molecular weight is 793 g/mol. The molecule has 0 spiro atoms. The van der Waals surface area contributed by atoms with Gasteiger partial charge in [-0.3, -0.25) is 34.2 Å². The van der Waals surface area contributed by atoms with Crippen molar-refractivity contribution in [2.45, 2.75) is 76.0 Å². The molecule has 8 rings (SSSR count).